The molecule has 3 aromatic rings. The predicted molar refractivity (Wildman–Crippen MR) is 96.2 cm³/mol. The van der Waals surface area contributed by atoms with Gasteiger partial charge in [0.15, 0.2) is 11.4 Å². The average molecular weight is 353 g/mol. The molecule has 0 aliphatic rings. The van der Waals surface area contributed by atoms with Gasteiger partial charge in [-0.25, -0.2) is 14.8 Å². The van der Waals surface area contributed by atoms with Gasteiger partial charge in [0.2, 0.25) is 0 Å². The Kier molecular flexibility index (Phi) is 4.19. The van der Waals surface area contributed by atoms with E-state index in [1.807, 2.05) is 13.8 Å². The fourth-order valence-corrected chi connectivity index (χ4v) is 2.36. The summed E-state index contributed by atoms with van der Waals surface area (Å²) in [5.74, 6) is -1.10. The maximum Gasteiger partial charge on any atom is 0.331 e. The first-order chi connectivity index (χ1) is 12.2. The minimum Gasteiger partial charge on any atom is -0.479 e. The molecule has 0 saturated carbocycles. The van der Waals surface area contributed by atoms with E-state index in [4.69, 9.17) is 0 Å². The Morgan fingerprint density at radius 2 is 1.73 bits per heavy atom. The molecule has 0 radical (unpaired) electrons. The third kappa shape index (κ3) is 3.13. The van der Waals surface area contributed by atoms with Gasteiger partial charge < -0.3 is 10.4 Å². The molecule has 0 saturated heterocycles. The number of carboxylic acid groups (broad SMARTS) is 1. The standard InChI is InChI=1S/C18H19N5O3/c1-10-11(2)20-14-9-12(5-6-13(14)19-10)16(24)21-15-7-8-23(22-15)18(3,4)17(25)26/h5-9H,1-4H3,(H,25,26)(H,21,22,24). The van der Waals surface area contributed by atoms with E-state index in [0.29, 0.717) is 11.1 Å². The highest BCUT2D eigenvalue weighted by atomic mass is 16.4. The summed E-state index contributed by atoms with van der Waals surface area (Å²) in [4.78, 5) is 32.7. The minimum atomic E-state index is -1.21. The second-order valence-corrected chi connectivity index (χ2v) is 6.56. The van der Waals surface area contributed by atoms with Gasteiger partial charge in [-0.1, -0.05) is 0 Å². The first-order valence-corrected chi connectivity index (χ1v) is 8.04. The van der Waals surface area contributed by atoms with Gasteiger partial charge >= 0.3 is 5.97 Å². The van der Waals surface area contributed by atoms with Crippen molar-refractivity contribution in [3.63, 3.8) is 0 Å². The Labute approximate surface area is 149 Å². The number of nitrogens with one attached hydrogen (secondary N) is 1. The van der Waals surface area contributed by atoms with Crippen molar-refractivity contribution < 1.29 is 14.7 Å². The molecule has 0 spiro atoms. The molecule has 8 nitrogen and oxygen atoms in total. The lowest BCUT2D eigenvalue weighted by Gasteiger charge is -2.19. The van der Waals surface area contributed by atoms with Crippen LogP contribution in [0.5, 0.6) is 0 Å². The van der Waals surface area contributed by atoms with Gasteiger partial charge in [0.05, 0.1) is 22.4 Å². The number of rotatable bonds is 4. The normalized spacial score (nSPS) is 11.5. The lowest BCUT2D eigenvalue weighted by molar-refractivity contribution is -0.146. The molecule has 8 heteroatoms. The van der Waals surface area contributed by atoms with Gasteiger partial charge in [0.25, 0.3) is 5.91 Å². The van der Waals surface area contributed by atoms with E-state index in [1.54, 1.807) is 24.3 Å². The maximum atomic E-state index is 12.5. The fraction of sp³-hybridized carbons (Fsp3) is 0.278. The molecule has 2 aromatic heterocycles. The Balaban J connectivity index is 1.84. The van der Waals surface area contributed by atoms with Crippen molar-refractivity contribution in [2.24, 2.45) is 0 Å². The van der Waals surface area contributed by atoms with Crippen molar-refractivity contribution >= 4 is 28.7 Å². The smallest absolute Gasteiger partial charge is 0.331 e. The lowest BCUT2D eigenvalue weighted by atomic mass is 10.1. The summed E-state index contributed by atoms with van der Waals surface area (Å²) < 4.78 is 1.29. The summed E-state index contributed by atoms with van der Waals surface area (Å²) in [6.45, 7) is 6.81. The first kappa shape index (κ1) is 17.5. The van der Waals surface area contributed by atoms with E-state index < -0.39 is 11.5 Å². The Morgan fingerprint density at radius 3 is 2.38 bits per heavy atom. The predicted octanol–water partition coefficient (Wildman–Crippen LogP) is 2.52. The molecule has 134 valence electrons. The largest absolute Gasteiger partial charge is 0.479 e. The number of carbonyl (C=O) groups is 2. The van der Waals surface area contributed by atoms with Crippen LogP contribution in [0.1, 0.15) is 35.6 Å². The number of aliphatic carboxylic acids is 1. The van der Waals surface area contributed by atoms with Crippen molar-refractivity contribution in [1.82, 2.24) is 19.7 Å². The number of hydrogen-bond donors (Lipinski definition) is 2. The zero-order valence-electron chi connectivity index (χ0n) is 14.9. The molecule has 0 aliphatic carbocycles. The number of benzene rings is 1. The minimum absolute atomic E-state index is 0.274. The number of carboxylic acids is 1. The third-order valence-electron chi connectivity index (χ3n) is 4.26. The van der Waals surface area contributed by atoms with E-state index in [1.165, 1.54) is 24.7 Å². The van der Waals surface area contributed by atoms with Gasteiger partial charge in [-0.05, 0) is 45.9 Å². The number of amides is 1. The fourth-order valence-electron chi connectivity index (χ4n) is 2.36. The van der Waals surface area contributed by atoms with Gasteiger partial charge in [0, 0.05) is 17.8 Å². The van der Waals surface area contributed by atoms with Crippen molar-refractivity contribution in [3.8, 4) is 0 Å². The maximum absolute atomic E-state index is 12.5. The molecule has 0 fully saturated rings. The number of hydrogen-bond acceptors (Lipinski definition) is 5. The molecule has 0 unspecified atom stereocenters. The monoisotopic (exact) mass is 353 g/mol. The molecule has 0 bridgehead atoms. The number of aromatic nitrogens is 4. The number of aryl methyl sites for hydroxylation is 2. The van der Waals surface area contributed by atoms with Crippen LogP contribution in [0.15, 0.2) is 30.5 Å². The van der Waals surface area contributed by atoms with Crippen molar-refractivity contribution in [1.29, 1.82) is 0 Å². The summed E-state index contributed by atoms with van der Waals surface area (Å²) in [5, 5.41) is 16.0. The molecule has 26 heavy (non-hydrogen) atoms. The van der Waals surface area contributed by atoms with Crippen LogP contribution in [-0.4, -0.2) is 36.7 Å². The van der Waals surface area contributed by atoms with Crippen molar-refractivity contribution in [3.05, 3.63) is 47.4 Å². The second kappa shape index (κ2) is 6.21. The highest BCUT2D eigenvalue weighted by molar-refractivity contribution is 6.05. The second-order valence-electron chi connectivity index (χ2n) is 6.56. The summed E-state index contributed by atoms with van der Waals surface area (Å²) in [7, 11) is 0. The van der Waals surface area contributed by atoms with Crippen LogP contribution in [0.2, 0.25) is 0 Å². The Hall–Kier alpha value is -3.29. The van der Waals surface area contributed by atoms with E-state index >= 15 is 0 Å². The number of anilines is 1. The van der Waals surface area contributed by atoms with E-state index in [2.05, 4.69) is 20.4 Å². The summed E-state index contributed by atoms with van der Waals surface area (Å²) in [6, 6.07) is 6.63. The summed E-state index contributed by atoms with van der Waals surface area (Å²) in [5.41, 5.74) is 2.22. The number of nitrogens with zero attached hydrogens (tertiary/aromatic N) is 4. The van der Waals surface area contributed by atoms with E-state index in [9.17, 15) is 14.7 Å². The van der Waals surface area contributed by atoms with Gasteiger partial charge in [-0.2, -0.15) is 5.10 Å². The molecule has 0 aliphatic heterocycles. The molecule has 2 N–H and O–H groups in total. The quantitative estimate of drug-likeness (QED) is 0.746. The molecule has 1 amide bonds. The lowest BCUT2D eigenvalue weighted by Crippen LogP contribution is -2.36. The topological polar surface area (TPSA) is 110 Å². The van der Waals surface area contributed by atoms with Gasteiger partial charge in [-0.15, -0.1) is 0 Å². The Morgan fingerprint density at radius 1 is 1.08 bits per heavy atom. The Bertz CT molecular complexity index is 1020. The van der Waals surface area contributed by atoms with Crippen LogP contribution in [-0.2, 0) is 10.3 Å². The van der Waals surface area contributed by atoms with Crippen molar-refractivity contribution in [2.75, 3.05) is 5.32 Å². The average Bonchev–Trinajstić information content (AvgIpc) is 3.04. The number of fused-ring (bicyclic) bond motifs is 1. The van der Waals surface area contributed by atoms with Crippen molar-refractivity contribution in [2.45, 2.75) is 33.2 Å². The van der Waals surface area contributed by atoms with Gasteiger partial charge in [-0.3, -0.25) is 9.48 Å². The molecule has 3 rings (SSSR count). The summed E-state index contributed by atoms with van der Waals surface area (Å²) in [6.07, 6.45) is 1.52. The summed E-state index contributed by atoms with van der Waals surface area (Å²) >= 11 is 0. The van der Waals surface area contributed by atoms with E-state index in [-0.39, 0.29) is 11.7 Å². The zero-order chi connectivity index (χ0) is 19.1. The number of carbonyl (C=O) groups excluding carboxylic acids is 1. The van der Waals surface area contributed by atoms with Crippen LogP contribution in [0.4, 0.5) is 5.82 Å². The highest BCUT2D eigenvalue weighted by Gasteiger charge is 2.30. The molecule has 2 heterocycles. The van der Waals surface area contributed by atoms with E-state index in [0.717, 1.165) is 16.9 Å². The third-order valence-corrected chi connectivity index (χ3v) is 4.26. The molecular weight excluding hydrogens is 334 g/mol. The van der Waals surface area contributed by atoms with Crippen LogP contribution >= 0.6 is 0 Å². The van der Waals surface area contributed by atoms with Crippen LogP contribution in [0.25, 0.3) is 11.0 Å². The zero-order valence-corrected chi connectivity index (χ0v) is 14.9. The SMILES string of the molecule is Cc1nc2ccc(C(=O)Nc3ccn(C(C)(C)C(=O)O)n3)cc2nc1C. The molecule has 0 atom stereocenters. The van der Waals surface area contributed by atoms with Crippen LogP contribution in [0, 0.1) is 13.8 Å². The van der Waals surface area contributed by atoms with Crippen LogP contribution < -0.4 is 5.32 Å². The molecular formula is C18H19N5O3. The van der Waals surface area contributed by atoms with Crippen LogP contribution in [0.3, 0.4) is 0 Å². The first-order valence-electron chi connectivity index (χ1n) is 8.04. The highest BCUT2D eigenvalue weighted by Crippen LogP contribution is 2.18. The van der Waals surface area contributed by atoms with Gasteiger partial charge in [0.1, 0.15) is 0 Å². The molecule has 1 aromatic carbocycles.